The number of benzene rings is 3. The Morgan fingerprint density at radius 2 is 1.74 bits per heavy atom. The highest BCUT2D eigenvalue weighted by molar-refractivity contribution is 6.32. The van der Waals surface area contributed by atoms with E-state index in [-0.39, 0.29) is 17.5 Å². The molecular weight excluding hydrogens is 448 g/mol. The first-order chi connectivity index (χ1) is 16.2. The molecule has 0 spiro atoms. The number of carbonyl (C=O) groups excluding carboxylic acids is 2. The highest BCUT2D eigenvalue weighted by atomic mass is 35.5. The molecule has 0 saturated carbocycles. The number of urea groups is 1. The van der Waals surface area contributed by atoms with Crippen LogP contribution < -0.4 is 16.0 Å². The molecular formula is C27H27ClN4O2. The van der Waals surface area contributed by atoms with E-state index in [0.717, 1.165) is 16.7 Å². The molecule has 174 valence electrons. The van der Waals surface area contributed by atoms with Gasteiger partial charge < -0.3 is 16.0 Å². The smallest absolute Gasteiger partial charge is 0.319 e. The Kier molecular flexibility index (Phi) is 6.70. The summed E-state index contributed by atoms with van der Waals surface area (Å²) >= 11 is 6.30. The summed E-state index contributed by atoms with van der Waals surface area (Å²) in [6, 6.07) is 21.7. The van der Waals surface area contributed by atoms with Crippen molar-refractivity contribution in [2.24, 2.45) is 4.99 Å². The number of nitrogens with one attached hydrogen (secondary N) is 3. The van der Waals surface area contributed by atoms with Crippen molar-refractivity contribution in [2.75, 3.05) is 10.6 Å². The Bertz CT molecular complexity index is 1230. The second-order valence-corrected chi connectivity index (χ2v) is 9.71. The number of anilines is 2. The number of rotatable bonds is 4. The molecule has 7 heteroatoms. The molecule has 0 radical (unpaired) electrons. The highest BCUT2D eigenvalue weighted by Crippen LogP contribution is 2.28. The highest BCUT2D eigenvalue weighted by Gasteiger charge is 2.26. The molecule has 1 aliphatic heterocycles. The molecule has 3 N–H and O–H groups in total. The van der Waals surface area contributed by atoms with Crippen LogP contribution in [0.15, 0.2) is 77.8 Å². The summed E-state index contributed by atoms with van der Waals surface area (Å²) in [5, 5.41) is 9.27. The van der Waals surface area contributed by atoms with E-state index in [9.17, 15) is 9.59 Å². The van der Waals surface area contributed by atoms with E-state index in [2.05, 4.69) is 16.0 Å². The number of benzodiazepines with no additional fused rings is 1. The van der Waals surface area contributed by atoms with E-state index in [0.29, 0.717) is 28.5 Å². The predicted molar refractivity (Wildman–Crippen MR) is 138 cm³/mol. The number of halogens is 1. The van der Waals surface area contributed by atoms with Gasteiger partial charge in [0, 0.05) is 33.8 Å². The normalized spacial score (nSPS) is 15.5. The molecule has 4 rings (SSSR count). The van der Waals surface area contributed by atoms with E-state index in [1.807, 2.05) is 81.4 Å². The van der Waals surface area contributed by atoms with Crippen LogP contribution in [0.5, 0.6) is 0 Å². The van der Waals surface area contributed by atoms with Gasteiger partial charge in [0.05, 0.1) is 11.4 Å². The fraction of sp³-hybridized carbons (Fsp3) is 0.222. The standard InChI is InChI=1S/C27H27ClN4O2/c1-27(2,3)32-26(34)29-20-12-9-18(10-13-20)24-21-16-19(28)11-14-22(21)31-25(33)23(30-24)15-17-7-5-4-6-8-17/h4-14,16,23H,15H2,1-3H3,(H,31,33)(H2,29,32,34). The fourth-order valence-electron chi connectivity index (χ4n) is 3.74. The summed E-state index contributed by atoms with van der Waals surface area (Å²) < 4.78 is 0. The first kappa shape index (κ1) is 23.5. The molecule has 0 bridgehead atoms. The van der Waals surface area contributed by atoms with Crippen LogP contribution >= 0.6 is 11.6 Å². The zero-order chi connectivity index (χ0) is 24.3. The van der Waals surface area contributed by atoms with Crippen LogP contribution in [0.1, 0.15) is 37.5 Å². The van der Waals surface area contributed by atoms with Gasteiger partial charge >= 0.3 is 6.03 Å². The lowest BCUT2D eigenvalue weighted by atomic mass is 10.00. The summed E-state index contributed by atoms with van der Waals surface area (Å²) in [7, 11) is 0. The lowest BCUT2D eigenvalue weighted by Gasteiger charge is -2.20. The van der Waals surface area contributed by atoms with E-state index >= 15 is 0 Å². The lowest BCUT2D eigenvalue weighted by molar-refractivity contribution is -0.117. The Morgan fingerprint density at radius 3 is 2.41 bits per heavy atom. The largest absolute Gasteiger partial charge is 0.333 e. The van der Waals surface area contributed by atoms with Crippen molar-refractivity contribution >= 4 is 40.6 Å². The second kappa shape index (κ2) is 9.69. The topological polar surface area (TPSA) is 82.6 Å². The minimum Gasteiger partial charge on any atom is -0.333 e. The number of aliphatic imine (C=N–C) groups is 1. The third-order valence-corrected chi connectivity index (χ3v) is 5.49. The van der Waals surface area contributed by atoms with Gasteiger partial charge in [-0.2, -0.15) is 0 Å². The molecule has 0 saturated heterocycles. The van der Waals surface area contributed by atoms with E-state index in [4.69, 9.17) is 16.6 Å². The zero-order valence-electron chi connectivity index (χ0n) is 19.4. The monoisotopic (exact) mass is 474 g/mol. The van der Waals surface area contributed by atoms with Crippen molar-refractivity contribution in [1.82, 2.24) is 5.32 Å². The molecule has 0 fully saturated rings. The molecule has 6 nitrogen and oxygen atoms in total. The van der Waals surface area contributed by atoms with Crippen LogP contribution in [0.2, 0.25) is 5.02 Å². The fourth-order valence-corrected chi connectivity index (χ4v) is 3.91. The van der Waals surface area contributed by atoms with Crippen molar-refractivity contribution in [3.8, 4) is 0 Å². The third kappa shape index (κ3) is 5.83. The van der Waals surface area contributed by atoms with Crippen LogP contribution in [0, 0.1) is 0 Å². The molecule has 34 heavy (non-hydrogen) atoms. The van der Waals surface area contributed by atoms with Gasteiger partial charge in [-0.1, -0.05) is 54.1 Å². The summed E-state index contributed by atoms with van der Waals surface area (Å²) in [6.07, 6.45) is 0.477. The van der Waals surface area contributed by atoms with E-state index in [1.165, 1.54) is 0 Å². The van der Waals surface area contributed by atoms with Gasteiger partial charge in [-0.25, -0.2) is 4.79 Å². The average Bonchev–Trinajstić information content (AvgIpc) is 2.90. The predicted octanol–water partition coefficient (Wildman–Crippen LogP) is 5.66. The second-order valence-electron chi connectivity index (χ2n) is 9.27. The molecule has 3 aromatic rings. The van der Waals surface area contributed by atoms with Gasteiger partial charge in [0.25, 0.3) is 0 Å². The molecule has 0 aromatic heterocycles. The molecule has 1 unspecified atom stereocenters. The first-order valence-electron chi connectivity index (χ1n) is 11.1. The summed E-state index contributed by atoms with van der Waals surface area (Å²) in [4.78, 5) is 30.1. The van der Waals surface area contributed by atoms with Crippen molar-refractivity contribution in [1.29, 1.82) is 0 Å². The van der Waals surface area contributed by atoms with Crippen LogP contribution in [0.3, 0.4) is 0 Å². The number of nitrogens with zero attached hydrogens (tertiary/aromatic N) is 1. The minimum absolute atomic E-state index is 0.167. The van der Waals surface area contributed by atoms with Crippen LogP contribution in [0.4, 0.5) is 16.2 Å². The van der Waals surface area contributed by atoms with Gasteiger partial charge in [-0.15, -0.1) is 0 Å². The average molecular weight is 475 g/mol. The maximum absolute atomic E-state index is 13.0. The molecule has 0 aliphatic carbocycles. The molecule has 3 aromatic carbocycles. The quantitative estimate of drug-likeness (QED) is 0.456. The summed E-state index contributed by atoms with van der Waals surface area (Å²) in [6.45, 7) is 5.76. The van der Waals surface area contributed by atoms with Crippen molar-refractivity contribution in [3.63, 3.8) is 0 Å². The maximum Gasteiger partial charge on any atom is 0.319 e. The van der Waals surface area contributed by atoms with Gasteiger partial charge in [0.2, 0.25) is 5.91 Å². The minimum atomic E-state index is -0.598. The van der Waals surface area contributed by atoms with Crippen molar-refractivity contribution < 1.29 is 9.59 Å². The van der Waals surface area contributed by atoms with Gasteiger partial charge in [0.15, 0.2) is 0 Å². The zero-order valence-corrected chi connectivity index (χ0v) is 20.1. The SMILES string of the molecule is CC(C)(C)NC(=O)Nc1ccc(C2=NC(Cc3ccccc3)C(=O)Nc3ccc(Cl)cc32)cc1. The van der Waals surface area contributed by atoms with Gasteiger partial charge in [0.1, 0.15) is 6.04 Å². The third-order valence-electron chi connectivity index (χ3n) is 5.26. The summed E-state index contributed by atoms with van der Waals surface area (Å²) in [5.41, 5.74) is 4.25. The van der Waals surface area contributed by atoms with Crippen LogP contribution in [-0.2, 0) is 11.2 Å². The number of amides is 3. The van der Waals surface area contributed by atoms with E-state index in [1.54, 1.807) is 12.1 Å². The number of carbonyl (C=O) groups is 2. The Balaban J connectivity index is 1.68. The lowest BCUT2D eigenvalue weighted by Crippen LogP contribution is -2.43. The summed E-state index contributed by atoms with van der Waals surface area (Å²) in [5.74, 6) is -0.167. The number of fused-ring (bicyclic) bond motifs is 1. The molecule has 3 amide bonds. The van der Waals surface area contributed by atoms with Crippen molar-refractivity contribution in [3.05, 3.63) is 94.5 Å². The number of hydrogen-bond donors (Lipinski definition) is 3. The van der Waals surface area contributed by atoms with Gasteiger partial charge in [-0.3, -0.25) is 9.79 Å². The molecule has 1 aliphatic rings. The number of hydrogen-bond acceptors (Lipinski definition) is 3. The first-order valence-corrected chi connectivity index (χ1v) is 11.5. The maximum atomic E-state index is 13.0. The van der Waals surface area contributed by atoms with Crippen molar-refractivity contribution in [2.45, 2.75) is 38.8 Å². The van der Waals surface area contributed by atoms with Crippen LogP contribution in [0.25, 0.3) is 0 Å². The Hall–Kier alpha value is -3.64. The Morgan fingerprint density at radius 1 is 1.03 bits per heavy atom. The Labute approximate surface area is 204 Å². The molecule has 1 atom stereocenters. The van der Waals surface area contributed by atoms with Gasteiger partial charge in [-0.05, 0) is 56.7 Å². The van der Waals surface area contributed by atoms with E-state index < -0.39 is 6.04 Å². The van der Waals surface area contributed by atoms with Crippen LogP contribution in [-0.4, -0.2) is 29.2 Å². The molecule has 1 heterocycles.